The molecule has 14 aromatic carbocycles. The van der Waals surface area contributed by atoms with Crippen LogP contribution in [0, 0.1) is 11.3 Å². The fourth-order valence-corrected chi connectivity index (χ4v) is 17.7. The third-order valence-electron chi connectivity index (χ3n) is 24.0. The van der Waals surface area contributed by atoms with Crippen LogP contribution in [0.1, 0.15) is 172 Å². The lowest BCUT2D eigenvalue weighted by atomic mass is 9.33. The van der Waals surface area contributed by atoms with Crippen molar-refractivity contribution in [3.8, 4) is 73.1 Å². The van der Waals surface area contributed by atoms with Gasteiger partial charge in [0, 0.05) is 77.9 Å². The number of nitrogens with zero attached hydrogens (tertiary/aromatic N) is 5. The van der Waals surface area contributed by atoms with Crippen LogP contribution in [0.15, 0.2) is 291 Å². The van der Waals surface area contributed by atoms with Crippen molar-refractivity contribution >= 4 is 101 Å². The fourth-order valence-electron chi connectivity index (χ4n) is 17.7. The molecule has 0 amide bonds. The van der Waals surface area contributed by atoms with Gasteiger partial charge in [0.25, 0.3) is 6.71 Å². The molecule has 566 valence electrons. The Morgan fingerprint density at radius 1 is 0.296 bits per heavy atom. The predicted molar refractivity (Wildman–Crippen MR) is 493 cm³/mol. The summed E-state index contributed by atoms with van der Waals surface area (Å²) in [4.78, 5) is 5.16. The molecule has 2 aliphatic rings. The van der Waals surface area contributed by atoms with Gasteiger partial charge in [-0.15, -0.1) is 0 Å². The van der Waals surface area contributed by atoms with E-state index in [4.69, 9.17) is 0 Å². The largest absolute Gasteiger partial charge is 0.310 e. The number of hydrogen-bond acceptors (Lipinski definition) is 3. The standard InChI is InChI=1S/C109H102BN5/c1-104(2,3)74-35-24-31-69(58-74)83-43-28-44-84(70-32-25-36-75(59-70)105(4,5)6)102(83)114-95-55-50-73(82-42-30-48-96-100(82)87-41-22-23-47-92(87)112(96)80-39-20-19-21-40-80)62-91(95)110-90-53-52-81(113-93-54-49-68(67-111)57-88(93)89-63-78(108(13,14)15)51-56-94(89)113)66-97(90)115(99-65-79(109(16,17)18)64-98(114)101(99)110)103-85(71-33-26-37-76(60-71)106(7,8)9)45-29-46-86(103)72-34-27-38-77(61-72)107(10,11)12/h19-66H,1-18H3/i49D,51D,54D,56D,57D,63D. The number of benzene rings is 14. The van der Waals surface area contributed by atoms with E-state index in [1.807, 2.05) is 20.8 Å². The number of fused-ring (bicyclic) bond motifs is 10. The summed E-state index contributed by atoms with van der Waals surface area (Å²) in [6, 6.07) is 95.5. The molecule has 5 nitrogen and oxygen atoms in total. The van der Waals surface area contributed by atoms with Crippen molar-refractivity contribution in [3.05, 3.63) is 330 Å². The topological polar surface area (TPSA) is 40.1 Å². The molecule has 0 radical (unpaired) electrons. The molecule has 6 heteroatoms. The summed E-state index contributed by atoms with van der Waals surface area (Å²) in [7, 11) is 0. The average molecular weight is 1500 g/mol. The lowest BCUT2D eigenvalue weighted by Gasteiger charge is -2.46. The van der Waals surface area contributed by atoms with Gasteiger partial charge >= 0.3 is 0 Å². The maximum atomic E-state index is 10.9. The van der Waals surface area contributed by atoms with E-state index in [0.29, 0.717) is 11.3 Å². The van der Waals surface area contributed by atoms with Crippen LogP contribution >= 0.6 is 0 Å². The molecule has 16 aromatic rings. The zero-order chi connectivity index (χ0) is 85.5. The molecule has 0 saturated heterocycles. The number of nitriles is 1. The molecule has 0 saturated carbocycles. The number of hydrogen-bond donors (Lipinski definition) is 0. The van der Waals surface area contributed by atoms with E-state index < -0.39 is 23.6 Å². The van der Waals surface area contributed by atoms with E-state index in [1.165, 1.54) is 22.3 Å². The highest BCUT2D eigenvalue weighted by Crippen LogP contribution is 2.56. The van der Waals surface area contributed by atoms with Crippen LogP contribution < -0.4 is 26.2 Å². The molecule has 0 spiro atoms. The van der Waals surface area contributed by atoms with E-state index in [-0.39, 0.29) is 79.2 Å². The highest BCUT2D eigenvalue weighted by atomic mass is 15.2. The van der Waals surface area contributed by atoms with Gasteiger partial charge in [0.2, 0.25) is 0 Å². The second-order valence-electron chi connectivity index (χ2n) is 38.1. The number of anilines is 6. The van der Waals surface area contributed by atoms with Crippen LogP contribution in [0.25, 0.3) is 111 Å². The molecule has 0 aliphatic carbocycles. The Morgan fingerprint density at radius 3 is 1.23 bits per heavy atom. The molecule has 115 heavy (non-hydrogen) atoms. The molecule has 18 rings (SSSR count). The predicted octanol–water partition coefficient (Wildman–Crippen LogP) is 28.0. The summed E-state index contributed by atoms with van der Waals surface area (Å²) in [6.07, 6.45) is 0. The quantitative estimate of drug-likeness (QED) is 0.135. The third-order valence-corrected chi connectivity index (χ3v) is 24.0. The van der Waals surface area contributed by atoms with E-state index in [1.54, 1.807) is 4.57 Å². The van der Waals surface area contributed by atoms with E-state index in [2.05, 4.69) is 379 Å². The Kier molecular flexibility index (Phi) is 15.8. The molecule has 2 aliphatic heterocycles. The molecule has 4 heterocycles. The molecule has 0 N–H and O–H groups in total. The highest BCUT2D eigenvalue weighted by molar-refractivity contribution is 7.00. The van der Waals surface area contributed by atoms with Gasteiger partial charge in [-0.1, -0.05) is 331 Å². The fraction of sp³-hybridized carbons (Fsp3) is 0.220. The third kappa shape index (κ3) is 12.7. The SMILES string of the molecule is [2H]c1c(C#N)c([2H])c2c3c([2H])c(C(C)(C)C)c([2H])c([2H])c3n(-c3ccc4c(c3)N(c3c(-c5cccc(C(C)(C)C)c5)cccc3-c3cccc(C(C)(C)C)c3)c3cc(C(C)(C)C)cc5c3B4c3cc(-c4cccc6c4c4ccccc4n6-c4ccccc4)ccc3N5c3c(-c4cccc(C(C)(C)C)c4)cccc3-c3cccc(C(C)(C)C)c3)c2c1[2H]. The normalized spacial score (nSPS) is 14.0. The van der Waals surface area contributed by atoms with Crippen LogP contribution in [0.3, 0.4) is 0 Å². The van der Waals surface area contributed by atoms with Gasteiger partial charge in [-0.2, -0.15) is 5.26 Å². The first-order valence-electron chi connectivity index (χ1n) is 43.7. The second-order valence-corrected chi connectivity index (χ2v) is 38.1. The maximum Gasteiger partial charge on any atom is 0.252 e. The lowest BCUT2D eigenvalue weighted by Crippen LogP contribution is -2.61. The van der Waals surface area contributed by atoms with E-state index >= 15 is 0 Å². The first kappa shape index (κ1) is 67.3. The lowest BCUT2D eigenvalue weighted by molar-refractivity contribution is 0.590. The van der Waals surface area contributed by atoms with E-state index in [9.17, 15) is 13.5 Å². The minimum absolute atomic E-state index is 0.0564. The Balaban J connectivity index is 1.06. The first-order valence-corrected chi connectivity index (χ1v) is 40.7. The van der Waals surface area contributed by atoms with Gasteiger partial charge in [0.05, 0.1) is 53.3 Å². The minimum Gasteiger partial charge on any atom is -0.310 e. The summed E-state index contributed by atoms with van der Waals surface area (Å²) in [5.74, 6) is 0. The first-order chi connectivity index (χ1) is 57.3. The Hall–Kier alpha value is -12.2. The monoisotopic (exact) mass is 1500 g/mol. The summed E-state index contributed by atoms with van der Waals surface area (Å²) >= 11 is 0. The van der Waals surface area contributed by atoms with Crippen LogP contribution in [0.5, 0.6) is 0 Å². The summed E-state index contributed by atoms with van der Waals surface area (Å²) in [5.41, 5.74) is 26.9. The molecule has 0 bridgehead atoms. The summed E-state index contributed by atoms with van der Waals surface area (Å²) in [6.45, 7) is 39.5. The zero-order valence-electron chi connectivity index (χ0n) is 75.6. The maximum absolute atomic E-state index is 10.9. The van der Waals surface area contributed by atoms with Crippen LogP contribution in [-0.2, 0) is 32.5 Å². The van der Waals surface area contributed by atoms with Crippen LogP contribution in [0.2, 0.25) is 0 Å². The van der Waals surface area contributed by atoms with Crippen molar-refractivity contribution in [1.29, 1.82) is 5.26 Å². The van der Waals surface area contributed by atoms with Gasteiger partial charge in [-0.25, -0.2) is 0 Å². The minimum atomic E-state index is -0.808. The molecular weight excluding hydrogens is 1390 g/mol. The van der Waals surface area contributed by atoms with Gasteiger partial charge in [0.15, 0.2) is 0 Å². The molecule has 0 atom stereocenters. The van der Waals surface area contributed by atoms with Gasteiger partial charge in [0.1, 0.15) is 0 Å². The molecule has 2 aromatic heterocycles. The Bertz CT molecular complexity index is 6920. The van der Waals surface area contributed by atoms with Crippen molar-refractivity contribution in [3.63, 3.8) is 0 Å². The second kappa shape index (κ2) is 27.0. The number of para-hydroxylation sites is 4. The molecule has 0 unspecified atom stereocenters. The van der Waals surface area contributed by atoms with Crippen LogP contribution in [-0.4, -0.2) is 15.8 Å². The highest BCUT2D eigenvalue weighted by Gasteiger charge is 2.47. The Morgan fingerprint density at radius 2 is 0.722 bits per heavy atom. The van der Waals surface area contributed by atoms with Crippen molar-refractivity contribution in [2.24, 2.45) is 0 Å². The zero-order valence-corrected chi connectivity index (χ0v) is 69.6. The smallest absolute Gasteiger partial charge is 0.252 e. The Labute approximate surface area is 689 Å². The van der Waals surface area contributed by atoms with Crippen molar-refractivity contribution in [2.75, 3.05) is 9.80 Å². The van der Waals surface area contributed by atoms with Gasteiger partial charge in [-0.05, 0) is 200 Å². The number of aromatic nitrogens is 2. The summed E-state index contributed by atoms with van der Waals surface area (Å²) in [5, 5.41) is 13.5. The number of rotatable bonds is 9. The molecule has 0 fully saturated rings. The van der Waals surface area contributed by atoms with Crippen LogP contribution in [0.4, 0.5) is 34.1 Å². The van der Waals surface area contributed by atoms with E-state index in [0.717, 1.165) is 139 Å². The van der Waals surface area contributed by atoms with Gasteiger partial charge < -0.3 is 18.9 Å². The van der Waals surface area contributed by atoms with Crippen molar-refractivity contribution in [1.82, 2.24) is 9.13 Å². The van der Waals surface area contributed by atoms with Crippen molar-refractivity contribution in [2.45, 2.75) is 157 Å². The van der Waals surface area contributed by atoms with Crippen molar-refractivity contribution < 1.29 is 8.22 Å². The summed E-state index contributed by atoms with van der Waals surface area (Å²) < 4.78 is 64.8. The molecular formula is C109H102BN5. The average Bonchev–Trinajstić information content (AvgIpc) is 1.56. The van der Waals surface area contributed by atoms with Gasteiger partial charge in [-0.3, -0.25) is 0 Å².